The fraction of sp³-hybridized carbons (Fsp3) is 0.0769. The number of aromatic amines is 1. The predicted molar refractivity (Wildman–Crippen MR) is 71.2 cm³/mol. The summed E-state index contributed by atoms with van der Waals surface area (Å²) in [6.45, 7) is 0. The first-order valence-corrected chi connectivity index (χ1v) is 6.45. The second-order valence-electron chi connectivity index (χ2n) is 3.75. The predicted octanol–water partition coefficient (Wildman–Crippen LogP) is 2.94. The maximum absolute atomic E-state index is 13.4. The van der Waals surface area contributed by atoms with E-state index in [4.69, 9.17) is 5.11 Å². The van der Waals surface area contributed by atoms with Crippen molar-refractivity contribution < 1.29 is 14.3 Å². The van der Waals surface area contributed by atoms with Crippen molar-refractivity contribution in [2.24, 2.45) is 0 Å². The molecule has 98 valence electrons. The Balaban J connectivity index is 2.10. The highest BCUT2D eigenvalue weighted by Gasteiger charge is 2.02. The summed E-state index contributed by atoms with van der Waals surface area (Å²) in [7, 11) is 0. The largest absolute Gasteiger partial charge is 0.478 e. The van der Waals surface area contributed by atoms with E-state index in [1.165, 1.54) is 30.0 Å². The number of hydrogen-bond acceptors (Lipinski definition) is 3. The van der Waals surface area contributed by atoms with Crippen LogP contribution in [0.25, 0.3) is 6.08 Å². The van der Waals surface area contributed by atoms with E-state index in [9.17, 15) is 9.18 Å². The molecule has 2 aromatic rings. The highest BCUT2D eigenvalue weighted by Crippen LogP contribution is 2.21. The van der Waals surface area contributed by atoms with Crippen LogP contribution in [-0.2, 0) is 10.5 Å². The number of aliphatic carboxylic acids is 1. The number of nitrogens with zero attached hydrogens (tertiary/aromatic N) is 1. The molecule has 0 bridgehead atoms. The molecule has 0 aliphatic carbocycles. The molecule has 0 saturated carbocycles. The van der Waals surface area contributed by atoms with Crippen molar-refractivity contribution in [2.75, 3.05) is 0 Å². The lowest BCUT2D eigenvalue weighted by Gasteiger charge is -2.02. The number of rotatable bonds is 5. The van der Waals surface area contributed by atoms with Gasteiger partial charge in [0.2, 0.25) is 0 Å². The molecule has 0 amide bonds. The van der Waals surface area contributed by atoms with Crippen molar-refractivity contribution in [3.8, 4) is 0 Å². The first-order valence-electron chi connectivity index (χ1n) is 5.46. The van der Waals surface area contributed by atoms with Gasteiger partial charge in [0.15, 0.2) is 5.16 Å². The molecule has 6 heteroatoms. The summed E-state index contributed by atoms with van der Waals surface area (Å²) in [4.78, 5) is 17.4. The number of imidazole rings is 1. The molecule has 0 radical (unpaired) electrons. The minimum atomic E-state index is -1.06. The standard InChI is InChI=1S/C13H11FN2O2S/c14-11-6-9(1-2-12(17)18)5-10(7-11)8-19-13-15-3-4-16-13/h1-7H,8H2,(H,15,16)(H,17,18)/b2-1+. The van der Waals surface area contributed by atoms with Gasteiger partial charge >= 0.3 is 5.97 Å². The van der Waals surface area contributed by atoms with E-state index < -0.39 is 5.97 Å². The van der Waals surface area contributed by atoms with Gasteiger partial charge in [0.25, 0.3) is 0 Å². The summed E-state index contributed by atoms with van der Waals surface area (Å²) in [5.41, 5.74) is 1.30. The van der Waals surface area contributed by atoms with Gasteiger partial charge in [-0.2, -0.15) is 0 Å². The second-order valence-corrected chi connectivity index (χ2v) is 4.71. The smallest absolute Gasteiger partial charge is 0.328 e. The van der Waals surface area contributed by atoms with E-state index in [-0.39, 0.29) is 5.82 Å². The zero-order valence-corrected chi connectivity index (χ0v) is 10.7. The third-order valence-corrected chi connectivity index (χ3v) is 3.22. The molecular weight excluding hydrogens is 267 g/mol. The second kappa shape index (κ2) is 6.19. The molecule has 1 heterocycles. The molecule has 4 nitrogen and oxygen atoms in total. The van der Waals surface area contributed by atoms with Crippen LogP contribution in [0, 0.1) is 5.82 Å². The Bertz CT molecular complexity index is 597. The van der Waals surface area contributed by atoms with Gasteiger partial charge in [-0.15, -0.1) is 0 Å². The lowest BCUT2D eigenvalue weighted by Crippen LogP contribution is -1.89. The van der Waals surface area contributed by atoms with Crippen LogP contribution in [-0.4, -0.2) is 21.0 Å². The van der Waals surface area contributed by atoms with Crippen LogP contribution in [0.15, 0.2) is 41.8 Å². The molecule has 0 aliphatic rings. The normalized spacial score (nSPS) is 11.0. The van der Waals surface area contributed by atoms with Crippen molar-refractivity contribution in [3.05, 3.63) is 53.6 Å². The molecule has 0 aliphatic heterocycles. The van der Waals surface area contributed by atoms with Crippen molar-refractivity contribution in [1.29, 1.82) is 0 Å². The molecule has 2 N–H and O–H groups in total. The van der Waals surface area contributed by atoms with Crippen LogP contribution in [0.2, 0.25) is 0 Å². The summed E-state index contributed by atoms with van der Waals surface area (Å²) in [5.74, 6) is -0.891. The van der Waals surface area contributed by atoms with Gasteiger partial charge in [0, 0.05) is 24.2 Å². The number of carboxylic acid groups (broad SMARTS) is 1. The molecular formula is C13H11FN2O2S. The Morgan fingerprint density at radius 3 is 3.00 bits per heavy atom. The van der Waals surface area contributed by atoms with Crippen molar-refractivity contribution in [2.45, 2.75) is 10.9 Å². The van der Waals surface area contributed by atoms with E-state index in [1.54, 1.807) is 18.5 Å². The SMILES string of the molecule is O=C(O)/C=C/c1cc(F)cc(CSc2ncc[nH]2)c1. The van der Waals surface area contributed by atoms with Crippen molar-refractivity contribution >= 4 is 23.8 Å². The van der Waals surface area contributed by atoms with Gasteiger partial charge in [0.05, 0.1) is 0 Å². The van der Waals surface area contributed by atoms with Crippen molar-refractivity contribution in [3.63, 3.8) is 0 Å². The number of thioether (sulfide) groups is 1. The van der Waals surface area contributed by atoms with Crippen LogP contribution >= 0.6 is 11.8 Å². The summed E-state index contributed by atoms with van der Waals surface area (Å²) in [6, 6.07) is 4.47. The fourth-order valence-corrected chi connectivity index (χ4v) is 2.26. The topological polar surface area (TPSA) is 66.0 Å². The molecule has 0 saturated heterocycles. The van der Waals surface area contributed by atoms with Crippen molar-refractivity contribution in [1.82, 2.24) is 9.97 Å². The van der Waals surface area contributed by atoms with Crippen LogP contribution in [0.5, 0.6) is 0 Å². The molecule has 0 spiro atoms. The number of hydrogen-bond donors (Lipinski definition) is 2. The van der Waals surface area contributed by atoms with E-state index in [0.717, 1.165) is 16.8 Å². The first-order chi connectivity index (χ1) is 9.13. The molecule has 2 rings (SSSR count). The number of H-pyrrole nitrogens is 1. The van der Waals surface area contributed by atoms with Gasteiger partial charge in [-0.05, 0) is 29.3 Å². The number of carboxylic acids is 1. The summed E-state index contributed by atoms with van der Waals surface area (Å²) in [6.07, 6.45) is 5.72. The zero-order valence-electron chi connectivity index (χ0n) is 9.84. The number of aromatic nitrogens is 2. The lowest BCUT2D eigenvalue weighted by molar-refractivity contribution is -0.131. The van der Waals surface area contributed by atoms with E-state index in [2.05, 4.69) is 9.97 Å². The quantitative estimate of drug-likeness (QED) is 0.652. The Labute approximate surface area is 113 Å². The highest BCUT2D eigenvalue weighted by atomic mass is 32.2. The minimum absolute atomic E-state index is 0.386. The van der Waals surface area contributed by atoms with Crippen LogP contribution in [0.4, 0.5) is 4.39 Å². The molecule has 1 aromatic heterocycles. The maximum Gasteiger partial charge on any atom is 0.328 e. The van der Waals surface area contributed by atoms with Gasteiger partial charge in [-0.1, -0.05) is 17.8 Å². The van der Waals surface area contributed by atoms with Crippen LogP contribution in [0.3, 0.4) is 0 Å². The number of halogens is 1. The Hall–Kier alpha value is -2.08. The third kappa shape index (κ3) is 4.26. The Morgan fingerprint density at radius 2 is 2.32 bits per heavy atom. The first kappa shape index (κ1) is 13.4. The van der Waals surface area contributed by atoms with E-state index in [1.807, 2.05) is 0 Å². The number of benzene rings is 1. The summed E-state index contributed by atoms with van der Waals surface area (Å²) in [5, 5.41) is 9.30. The summed E-state index contributed by atoms with van der Waals surface area (Å²) < 4.78 is 13.4. The van der Waals surface area contributed by atoms with E-state index in [0.29, 0.717) is 11.3 Å². The van der Waals surface area contributed by atoms with Gasteiger partial charge < -0.3 is 10.1 Å². The van der Waals surface area contributed by atoms with E-state index >= 15 is 0 Å². The minimum Gasteiger partial charge on any atom is -0.478 e. The fourth-order valence-electron chi connectivity index (χ4n) is 1.50. The average Bonchev–Trinajstić information content (AvgIpc) is 2.86. The monoisotopic (exact) mass is 278 g/mol. The van der Waals surface area contributed by atoms with Crippen LogP contribution in [0.1, 0.15) is 11.1 Å². The molecule has 0 fully saturated rings. The molecule has 0 unspecified atom stereocenters. The molecule has 1 aromatic carbocycles. The maximum atomic E-state index is 13.4. The molecule has 0 atom stereocenters. The highest BCUT2D eigenvalue weighted by molar-refractivity contribution is 7.98. The summed E-state index contributed by atoms with van der Waals surface area (Å²) >= 11 is 1.45. The number of nitrogens with one attached hydrogen (secondary N) is 1. The number of carbonyl (C=O) groups is 1. The van der Waals surface area contributed by atoms with Gasteiger partial charge in [0.1, 0.15) is 5.82 Å². The van der Waals surface area contributed by atoms with Gasteiger partial charge in [-0.25, -0.2) is 14.2 Å². The van der Waals surface area contributed by atoms with Crippen LogP contribution < -0.4 is 0 Å². The Kier molecular flexibility index (Phi) is 4.35. The Morgan fingerprint density at radius 1 is 1.47 bits per heavy atom. The average molecular weight is 278 g/mol. The van der Waals surface area contributed by atoms with Gasteiger partial charge in [-0.3, -0.25) is 0 Å². The third-order valence-electron chi connectivity index (χ3n) is 2.25. The lowest BCUT2D eigenvalue weighted by atomic mass is 10.1. The molecule has 19 heavy (non-hydrogen) atoms. The zero-order chi connectivity index (χ0) is 13.7.